The van der Waals surface area contributed by atoms with Crippen LogP contribution in [0.25, 0.3) is 22.8 Å². The highest BCUT2D eigenvalue weighted by atomic mass is 35.5. The predicted octanol–water partition coefficient (Wildman–Crippen LogP) is 4.34. The van der Waals surface area contributed by atoms with E-state index in [0.29, 0.717) is 27.9 Å². The topological polar surface area (TPSA) is 103 Å². The summed E-state index contributed by atoms with van der Waals surface area (Å²) in [5.41, 5.74) is 5.72. The summed E-state index contributed by atoms with van der Waals surface area (Å²) in [5.74, 6) is 0.563. The second-order valence-electron chi connectivity index (χ2n) is 7.86. The van der Waals surface area contributed by atoms with Crippen molar-refractivity contribution >= 4 is 28.1 Å². The van der Waals surface area contributed by atoms with Crippen LogP contribution in [0.15, 0.2) is 50.5 Å². The molecule has 0 saturated carbocycles. The highest BCUT2D eigenvalue weighted by Gasteiger charge is 2.45. The Morgan fingerprint density at radius 2 is 1.97 bits per heavy atom. The fourth-order valence-corrected chi connectivity index (χ4v) is 5.57. The summed E-state index contributed by atoms with van der Waals surface area (Å²) in [6, 6.07) is 5.93. The van der Waals surface area contributed by atoms with E-state index in [4.69, 9.17) is 21.9 Å². The number of rotatable bonds is 4. The zero-order valence-electron chi connectivity index (χ0n) is 17.6. The van der Waals surface area contributed by atoms with Crippen LogP contribution in [0.5, 0.6) is 0 Å². The monoisotopic (exact) mass is 478 g/mol. The molecule has 168 valence electrons. The Bertz CT molecular complexity index is 1230. The first kappa shape index (κ1) is 22.5. The van der Waals surface area contributed by atoms with Gasteiger partial charge in [-0.2, -0.15) is 0 Å². The maximum atomic E-state index is 15.0. The molecule has 0 fully saturated rings. The molecule has 3 aromatic rings. The van der Waals surface area contributed by atoms with Crippen molar-refractivity contribution in [1.82, 2.24) is 15.1 Å². The molecule has 2 N–H and O–H groups in total. The molecule has 11 heteroatoms. The molecule has 0 aliphatic carbocycles. The molecule has 2 atom stereocenters. The first-order valence-corrected chi connectivity index (χ1v) is 11.4. The Morgan fingerprint density at radius 1 is 1.25 bits per heavy atom. The summed E-state index contributed by atoms with van der Waals surface area (Å²) in [6.07, 6.45) is 2.89. The molecule has 3 heterocycles. The summed E-state index contributed by atoms with van der Waals surface area (Å²) < 4.78 is 38.8. The normalized spacial score (nSPS) is 22.7. The molecular weight excluding hydrogens is 458 g/mol. The van der Waals surface area contributed by atoms with Gasteiger partial charge in [-0.3, -0.25) is 9.36 Å². The van der Waals surface area contributed by atoms with Crippen molar-refractivity contribution < 1.29 is 13.3 Å². The minimum absolute atomic E-state index is 0.0952. The average molecular weight is 479 g/mol. The van der Waals surface area contributed by atoms with Gasteiger partial charge in [-0.25, -0.2) is 18.7 Å². The highest BCUT2D eigenvalue weighted by molar-refractivity contribution is 7.89. The van der Waals surface area contributed by atoms with E-state index >= 15 is 0 Å². The smallest absolute Gasteiger partial charge is 0.181 e. The average Bonchev–Trinajstić information content (AvgIpc) is 3.27. The van der Waals surface area contributed by atoms with Gasteiger partial charge >= 0.3 is 0 Å². The van der Waals surface area contributed by atoms with Gasteiger partial charge in [-0.15, -0.1) is 0 Å². The largest absolute Gasteiger partial charge is 0.386 e. The molecule has 0 bridgehead atoms. The minimum Gasteiger partial charge on any atom is -0.386 e. The molecular formula is C21H21ClF2N6OS. The van der Waals surface area contributed by atoms with Crippen LogP contribution in [-0.4, -0.2) is 45.2 Å². The third kappa shape index (κ3) is 3.81. The van der Waals surface area contributed by atoms with Crippen LogP contribution in [0.3, 0.4) is 0 Å². The highest BCUT2D eigenvalue weighted by Crippen LogP contribution is 2.39. The van der Waals surface area contributed by atoms with Gasteiger partial charge in [0.05, 0.1) is 9.77 Å². The third-order valence-corrected chi connectivity index (χ3v) is 8.24. The fraction of sp³-hybridized carbons (Fsp3) is 0.333. The van der Waals surface area contributed by atoms with Crippen LogP contribution >= 0.6 is 11.6 Å². The van der Waals surface area contributed by atoms with Crippen molar-refractivity contribution in [2.45, 2.75) is 24.1 Å². The number of alkyl halides is 1. The molecule has 0 saturated heterocycles. The zero-order valence-corrected chi connectivity index (χ0v) is 19.2. The molecule has 32 heavy (non-hydrogen) atoms. The lowest BCUT2D eigenvalue weighted by atomic mass is 9.90. The Morgan fingerprint density at radius 3 is 2.62 bits per heavy atom. The first-order valence-electron chi connectivity index (χ1n) is 9.68. The number of amidine groups is 1. The number of nitrogens with zero attached hydrogens (tertiary/aromatic N) is 5. The van der Waals surface area contributed by atoms with Crippen LogP contribution in [0, 0.1) is 5.82 Å². The molecule has 0 unspecified atom stereocenters. The summed E-state index contributed by atoms with van der Waals surface area (Å²) in [6.45, 7) is 2.90. The molecule has 1 aliphatic heterocycles. The SMILES string of the molecule is CN=[S@@]1C[C@@](CF)(c2cc(-c3cc(-c4ncc(Cl)cn4)no3)ccc2F)N=C(N)C1(C)C. The Balaban J connectivity index is 1.78. The molecule has 0 spiro atoms. The van der Waals surface area contributed by atoms with E-state index in [9.17, 15) is 8.78 Å². The van der Waals surface area contributed by atoms with Crippen molar-refractivity contribution in [3.05, 3.63) is 53.1 Å². The van der Waals surface area contributed by atoms with Crippen molar-refractivity contribution in [2.75, 3.05) is 19.5 Å². The quantitative estimate of drug-likeness (QED) is 0.601. The molecule has 1 aromatic carbocycles. The van der Waals surface area contributed by atoms with E-state index in [0.717, 1.165) is 0 Å². The number of benzene rings is 1. The molecule has 0 amide bonds. The van der Waals surface area contributed by atoms with E-state index < -0.39 is 33.5 Å². The maximum absolute atomic E-state index is 15.0. The van der Waals surface area contributed by atoms with E-state index in [-0.39, 0.29) is 17.2 Å². The minimum atomic E-state index is -1.47. The van der Waals surface area contributed by atoms with E-state index in [1.165, 1.54) is 30.6 Å². The zero-order chi connectivity index (χ0) is 23.1. The third-order valence-electron chi connectivity index (χ3n) is 5.47. The molecule has 4 rings (SSSR count). The standard InChI is InChI=1S/C21H21ClF2N6OS/c1-20(2)19(25)29-21(10-23,11-32(20)26-3)14-6-12(4-5-15(14)24)17-7-16(30-31-17)18-27-8-13(22)9-28-18/h4-9H,10-11H2,1-3H3,(H2,25,29)/t21-,32+/m0/s1. The van der Waals surface area contributed by atoms with E-state index in [2.05, 4.69) is 24.5 Å². The number of aromatic nitrogens is 3. The Kier molecular flexibility index (Phi) is 5.85. The second-order valence-corrected chi connectivity index (χ2v) is 10.7. The number of nitrogens with two attached hydrogens (primary N) is 1. The van der Waals surface area contributed by atoms with Crippen LogP contribution in [0.4, 0.5) is 8.78 Å². The summed E-state index contributed by atoms with van der Waals surface area (Å²) in [7, 11) is 1.02. The second kappa shape index (κ2) is 8.32. The van der Waals surface area contributed by atoms with Crippen molar-refractivity contribution in [3.8, 4) is 22.8 Å². The van der Waals surface area contributed by atoms with Gasteiger partial charge in [0.25, 0.3) is 0 Å². The van der Waals surface area contributed by atoms with Crippen LogP contribution in [0.1, 0.15) is 19.4 Å². The van der Waals surface area contributed by atoms with Gasteiger partial charge in [0.15, 0.2) is 17.3 Å². The van der Waals surface area contributed by atoms with Crippen molar-refractivity contribution in [1.29, 1.82) is 0 Å². The lowest BCUT2D eigenvalue weighted by Crippen LogP contribution is -2.53. The van der Waals surface area contributed by atoms with Crippen LogP contribution < -0.4 is 5.73 Å². The van der Waals surface area contributed by atoms with Crippen LogP contribution in [-0.2, 0) is 16.2 Å². The van der Waals surface area contributed by atoms with E-state index in [1.807, 2.05) is 13.8 Å². The number of aliphatic imine (C=N–C) groups is 1. The van der Waals surface area contributed by atoms with Gasteiger partial charge in [-0.05, 0) is 32.0 Å². The first-order chi connectivity index (χ1) is 15.2. The Hall–Kier alpha value is -2.72. The predicted molar refractivity (Wildman–Crippen MR) is 122 cm³/mol. The van der Waals surface area contributed by atoms with Crippen molar-refractivity contribution in [3.63, 3.8) is 0 Å². The van der Waals surface area contributed by atoms with Gasteiger partial charge in [0, 0.05) is 42.4 Å². The molecule has 2 aromatic heterocycles. The lowest BCUT2D eigenvalue weighted by molar-refractivity contribution is 0.329. The molecule has 0 radical (unpaired) electrons. The summed E-state index contributed by atoms with van der Waals surface area (Å²) in [4.78, 5) is 12.7. The van der Waals surface area contributed by atoms with Gasteiger partial charge in [0.1, 0.15) is 23.9 Å². The number of hydrogen-bond acceptors (Lipinski definition) is 7. The van der Waals surface area contributed by atoms with Gasteiger partial charge < -0.3 is 10.3 Å². The lowest BCUT2D eigenvalue weighted by Gasteiger charge is -2.40. The summed E-state index contributed by atoms with van der Waals surface area (Å²) in [5, 5.41) is 4.37. The number of hydrogen-bond donors (Lipinski definition) is 1. The summed E-state index contributed by atoms with van der Waals surface area (Å²) >= 11 is 5.82. The maximum Gasteiger partial charge on any atom is 0.181 e. The van der Waals surface area contributed by atoms with E-state index in [1.54, 1.807) is 13.1 Å². The van der Waals surface area contributed by atoms with Gasteiger partial charge in [-0.1, -0.05) is 27.4 Å². The van der Waals surface area contributed by atoms with Crippen LogP contribution in [0.2, 0.25) is 5.02 Å². The number of halogens is 3. The Labute approximate surface area is 191 Å². The molecule has 1 aliphatic rings. The fourth-order valence-electron chi connectivity index (χ4n) is 3.49. The van der Waals surface area contributed by atoms with Crippen molar-refractivity contribution in [2.24, 2.45) is 15.1 Å². The van der Waals surface area contributed by atoms with Gasteiger partial charge in [0.2, 0.25) is 0 Å². The molecule has 7 nitrogen and oxygen atoms in total.